The minimum Gasteiger partial charge on any atom is -0.395 e. The highest BCUT2D eigenvalue weighted by Gasteiger charge is 2.43. The Labute approximate surface area is 93.2 Å². The quantitative estimate of drug-likeness (QED) is 0.787. The van der Waals surface area contributed by atoms with Crippen molar-refractivity contribution in [3.05, 3.63) is 23.8 Å². The molecule has 0 aliphatic carbocycles. The number of alkyl halides is 2. The minimum absolute atomic E-state index is 0.109. The van der Waals surface area contributed by atoms with Gasteiger partial charge in [-0.2, -0.15) is 0 Å². The van der Waals surface area contributed by atoms with Gasteiger partial charge in [0.25, 0.3) is 0 Å². The fourth-order valence-electron chi connectivity index (χ4n) is 1.67. The van der Waals surface area contributed by atoms with E-state index in [0.717, 1.165) is 18.4 Å². The molecule has 2 rings (SSSR count). The second-order valence-electron chi connectivity index (χ2n) is 4.17. The molecule has 0 N–H and O–H groups in total. The second-order valence-corrected chi connectivity index (χ2v) is 4.17. The zero-order valence-corrected chi connectivity index (χ0v) is 9.30. The highest BCUT2D eigenvalue weighted by atomic mass is 19.3. The summed E-state index contributed by atoms with van der Waals surface area (Å²) in [5, 5.41) is 0. The van der Waals surface area contributed by atoms with Gasteiger partial charge in [0, 0.05) is 0 Å². The summed E-state index contributed by atoms with van der Waals surface area (Å²) in [5.41, 5.74) is 0.995. The highest BCUT2D eigenvalue weighted by Crippen LogP contribution is 2.41. The number of halogens is 2. The molecule has 4 heteroatoms. The predicted molar refractivity (Wildman–Crippen MR) is 55.8 cm³/mol. The summed E-state index contributed by atoms with van der Waals surface area (Å²) in [7, 11) is 0. The van der Waals surface area contributed by atoms with Gasteiger partial charge in [-0.25, -0.2) is 0 Å². The van der Waals surface area contributed by atoms with E-state index in [4.69, 9.17) is 0 Å². The number of fused-ring (bicyclic) bond motifs is 1. The van der Waals surface area contributed by atoms with Gasteiger partial charge in [0.1, 0.15) is 0 Å². The number of rotatable bonds is 3. The van der Waals surface area contributed by atoms with E-state index in [-0.39, 0.29) is 11.5 Å². The molecule has 0 amide bonds. The standard InChI is InChI=1S/C12H14F2O2/c1-3-8(2)6-9-4-5-10-11(7-9)16-12(13,14)15-10/h4-5,7-8H,3,6H2,1-2H3. The lowest BCUT2D eigenvalue weighted by molar-refractivity contribution is -0.286. The van der Waals surface area contributed by atoms with Gasteiger partial charge >= 0.3 is 6.29 Å². The molecule has 0 bridgehead atoms. The lowest BCUT2D eigenvalue weighted by Crippen LogP contribution is -2.25. The van der Waals surface area contributed by atoms with Gasteiger partial charge in [0.15, 0.2) is 11.5 Å². The van der Waals surface area contributed by atoms with E-state index in [1.165, 1.54) is 6.07 Å². The summed E-state index contributed by atoms with van der Waals surface area (Å²) in [6.45, 7) is 4.23. The SMILES string of the molecule is CCC(C)Cc1ccc2c(c1)OC(F)(F)O2. The maximum Gasteiger partial charge on any atom is 0.586 e. The molecule has 0 spiro atoms. The first-order valence-corrected chi connectivity index (χ1v) is 5.39. The maximum atomic E-state index is 12.8. The van der Waals surface area contributed by atoms with Crippen LogP contribution >= 0.6 is 0 Å². The first-order chi connectivity index (χ1) is 7.50. The lowest BCUT2D eigenvalue weighted by atomic mass is 9.99. The number of benzene rings is 1. The molecule has 1 unspecified atom stereocenters. The third kappa shape index (κ3) is 2.26. The van der Waals surface area contributed by atoms with Crippen LogP contribution in [-0.2, 0) is 6.42 Å². The van der Waals surface area contributed by atoms with Crippen LogP contribution in [0.25, 0.3) is 0 Å². The minimum atomic E-state index is -3.52. The normalized spacial score (nSPS) is 18.5. The summed E-state index contributed by atoms with van der Waals surface area (Å²) in [6.07, 6.45) is -1.60. The van der Waals surface area contributed by atoms with Crippen molar-refractivity contribution in [2.24, 2.45) is 5.92 Å². The van der Waals surface area contributed by atoms with Crippen molar-refractivity contribution in [2.45, 2.75) is 33.0 Å². The Morgan fingerprint density at radius 2 is 1.94 bits per heavy atom. The molecule has 0 saturated heterocycles. The van der Waals surface area contributed by atoms with Crippen LogP contribution in [0.3, 0.4) is 0 Å². The van der Waals surface area contributed by atoms with Crippen molar-refractivity contribution >= 4 is 0 Å². The van der Waals surface area contributed by atoms with E-state index >= 15 is 0 Å². The molecule has 0 fully saturated rings. The number of ether oxygens (including phenoxy) is 2. The summed E-state index contributed by atoms with van der Waals surface area (Å²) in [5.74, 6) is 0.768. The van der Waals surface area contributed by atoms with Crippen LogP contribution in [-0.4, -0.2) is 6.29 Å². The van der Waals surface area contributed by atoms with Crippen LogP contribution < -0.4 is 9.47 Å². The molecule has 0 aromatic heterocycles. The fourth-order valence-corrected chi connectivity index (χ4v) is 1.67. The molecule has 1 aromatic rings. The Morgan fingerprint density at radius 3 is 2.62 bits per heavy atom. The summed E-state index contributed by atoms with van der Waals surface area (Å²) in [6, 6.07) is 4.96. The van der Waals surface area contributed by atoms with Gasteiger partial charge in [-0.15, -0.1) is 8.78 Å². The molecular formula is C12H14F2O2. The summed E-state index contributed by atoms with van der Waals surface area (Å²) >= 11 is 0. The Bertz CT molecular complexity index is 391. The Kier molecular flexibility index (Phi) is 2.74. The van der Waals surface area contributed by atoms with Gasteiger partial charge in [0.2, 0.25) is 0 Å². The van der Waals surface area contributed by atoms with Gasteiger partial charge in [0.05, 0.1) is 0 Å². The smallest absolute Gasteiger partial charge is 0.395 e. The van der Waals surface area contributed by atoms with Crippen LogP contribution in [0.5, 0.6) is 11.5 Å². The van der Waals surface area contributed by atoms with Crippen molar-refractivity contribution in [1.29, 1.82) is 0 Å². The van der Waals surface area contributed by atoms with Crippen LogP contribution in [0, 0.1) is 5.92 Å². The highest BCUT2D eigenvalue weighted by molar-refractivity contribution is 5.45. The number of hydrogen-bond donors (Lipinski definition) is 0. The van der Waals surface area contributed by atoms with Gasteiger partial charge in [-0.1, -0.05) is 26.3 Å². The molecule has 2 nitrogen and oxygen atoms in total. The van der Waals surface area contributed by atoms with Crippen molar-refractivity contribution < 1.29 is 18.3 Å². The Balaban J connectivity index is 2.16. The zero-order chi connectivity index (χ0) is 11.8. The van der Waals surface area contributed by atoms with Gasteiger partial charge < -0.3 is 9.47 Å². The molecule has 16 heavy (non-hydrogen) atoms. The van der Waals surface area contributed by atoms with Gasteiger partial charge in [-0.05, 0) is 30.0 Å². The Hall–Kier alpha value is -1.32. The topological polar surface area (TPSA) is 18.5 Å². The Morgan fingerprint density at radius 1 is 1.25 bits per heavy atom. The van der Waals surface area contributed by atoms with E-state index in [9.17, 15) is 8.78 Å². The first-order valence-electron chi connectivity index (χ1n) is 5.39. The van der Waals surface area contributed by atoms with Gasteiger partial charge in [-0.3, -0.25) is 0 Å². The molecule has 1 aliphatic heterocycles. The van der Waals surface area contributed by atoms with E-state index in [2.05, 4.69) is 23.3 Å². The van der Waals surface area contributed by atoms with Crippen molar-refractivity contribution in [3.8, 4) is 11.5 Å². The monoisotopic (exact) mass is 228 g/mol. The molecule has 1 aliphatic rings. The average Bonchev–Trinajstić information content (AvgIpc) is 2.51. The molecule has 88 valence electrons. The van der Waals surface area contributed by atoms with E-state index in [1.807, 2.05) is 0 Å². The van der Waals surface area contributed by atoms with Crippen molar-refractivity contribution in [2.75, 3.05) is 0 Å². The average molecular weight is 228 g/mol. The first kappa shape index (κ1) is 11.2. The van der Waals surface area contributed by atoms with Crippen LogP contribution in [0.1, 0.15) is 25.8 Å². The fraction of sp³-hybridized carbons (Fsp3) is 0.500. The lowest BCUT2D eigenvalue weighted by Gasteiger charge is -2.08. The van der Waals surface area contributed by atoms with Crippen molar-refractivity contribution in [1.82, 2.24) is 0 Å². The molecule has 1 atom stereocenters. The van der Waals surface area contributed by atoms with Crippen LogP contribution in [0.4, 0.5) is 8.78 Å². The van der Waals surface area contributed by atoms with Crippen LogP contribution in [0.15, 0.2) is 18.2 Å². The molecule has 1 heterocycles. The molecule has 0 saturated carbocycles. The predicted octanol–water partition coefficient (Wildman–Crippen LogP) is 3.60. The molecule has 1 aromatic carbocycles. The second kappa shape index (κ2) is 3.92. The summed E-state index contributed by atoms with van der Waals surface area (Å²) in [4.78, 5) is 0. The third-order valence-corrected chi connectivity index (χ3v) is 2.75. The molecule has 0 radical (unpaired) electrons. The van der Waals surface area contributed by atoms with Crippen molar-refractivity contribution in [3.63, 3.8) is 0 Å². The maximum absolute atomic E-state index is 12.8. The largest absolute Gasteiger partial charge is 0.586 e. The number of hydrogen-bond acceptors (Lipinski definition) is 2. The third-order valence-electron chi connectivity index (χ3n) is 2.75. The van der Waals surface area contributed by atoms with E-state index in [0.29, 0.717) is 5.92 Å². The molecular weight excluding hydrogens is 214 g/mol. The summed E-state index contributed by atoms with van der Waals surface area (Å²) < 4.78 is 34.2. The zero-order valence-electron chi connectivity index (χ0n) is 9.30. The van der Waals surface area contributed by atoms with E-state index < -0.39 is 6.29 Å². The van der Waals surface area contributed by atoms with Crippen LogP contribution in [0.2, 0.25) is 0 Å². The van der Waals surface area contributed by atoms with E-state index in [1.54, 1.807) is 12.1 Å².